The Morgan fingerprint density at radius 3 is 2.36 bits per heavy atom. The van der Waals surface area contributed by atoms with Crippen LogP contribution in [-0.4, -0.2) is 85.6 Å². The lowest BCUT2D eigenvalue weighted by atomic mass is 10.2. The molecule has 0 bridgehead atoms. The molecule has 3 rings (SSSR count). The lowest BCUT2D eigenvalue weighted by Crippen LogP contribution is -2.33. The third-order valence-corrected chi connectivity index (χ3v) is 5.30. The first-order valence-electron chi connectivity index (χ1n) is 12.8. The van der Waals surface area contributed by atoms with Crippen LogP contribution in [0.15, 0.2) is 35.1 Å². The zero-order valence-corrected chi connectivity index (χ0v) is 23.3. The van der Waals surface area contributed by atoms with Gasteiger partial charge in [-0.15, -0.1) is 0 Å². The van der Waals surface area contributed by atoms with Crippen molar-refractivity contribution in [2.75, 3.05) is 25.6 Å². The molecule has 2 unspecified atom stereocenters. The smallest absolute Gasteiger partial charge is 0.347 e. The maximum atomic E-state index is 12.2. The molecule has 16 nitrogen and oxygen atoms in total. The molecule has 228 valence electrons. The monoisotopic (exact) mass is 591 g/mol. The number of carboxylic acids is 1. The van der Waals surface area contributed by atoms with Gasteiger partial charge in [0.25, 0.3) is 0 Å². The van der Waals surface area contributed by atoms with Crippen LogP contribution in [0.25, 0.3) is 11.2 Å². The molecule has 0 amide bonds. The zero-order chi connectivity index (χ0) is 31.2. The Labute approximate surface area is 239 Å². The maximum absolute atomic E-state index is 12.2. The van der Waals surface area contributed by atoms with Crippen LogP contribution in [0, 0.1) is 0 Å². The average molecular weight is 592 g/mol. The van der Waals surface area contributed by atoms with Gasteiger partial charge in [0.1, 0.15) is 12.1 Å². The Hall–Kier alpha value is -4.99. The van der Waals surface area contributed by atoms with E-state index in [1.54, 1.807) is 0 Å². The Kier molecular flexibility index (Phi) is 12.9. The topological polar surface area (TPSA) is 235 Å². The molecule has 2 aromatic heterocycles. The highest BCUT2D eigenvalue weighted by molar-refractivity contribution is 5.83. The highest BCUT2D eigenvalue weighted by Crippen LogP contribution is 2.18. The van der Waals surface area contributed by atoms with Crippen molar-refractivity contribution < 1.29 is 48.3 Å². The van der Waals surface area contributed by atoms with Gasteiger partial charge in [-0.2, -0.15) is 9.97 Å². The number of H-pyrrole nitrogens is 1. The predicted molar refractivity (Wildman–Crippen MR) is 145 cm³/mol. The first kappa shape index (κ1) is 33.2. The van der Waals surface area contributed by atoms with Gasteiger partial charge in [0.15, 0.2) is 30.3 Å². The Bertz CT molecular complexity index is 1420. The molecule has 2 atom stereocenters. The standard InChI is InChI=1S/C16H19N5O2.C10H14O9/c1-2-3-9-23-15-19-13(17)12-14(20-15)21(16(22)18-12)10-11-7-5-4-6-8-11;1-5(9(14)15)19-10(16)6(2)18-8(13)4-17-7(12)3-11/h4-8H,2-3,9-10H2,1H3,(H,18,22)(H2,17,19,20);5-6,11H,3-4H2,1-2H3,(H,14,15). The summed E-state index contributed by atoms with van der Waals surface area (Å²) in [6, 6.07) is 9.89. The van der Waals surface area contributed by atoms with Crippen LogP contribution in [0.1, 0.15) is 39.2 Å². The van der Waals surface area contributed by atoms with Crippen molar-refractivity contribution in [1.29, 1.82) is 0 Å². The number of rotatable bonds is 13. The molecule has 0 aliphatic heterocycles. The number of carbonyl (C=O) groups is 4. The molecular weight excluding hydrogens is 558 g/mol. The number of unbranched alkanes of at least 4 members (excludes halogenated alkanes) is 1. The fourth-order valence-electron chi connectivity index (χ4n) is 3.10. The summed E-state index contributed by atoms with van der Waals surface area (Å²) in [7, 11) is 0. The summed E-state index contributed by atoms with van der Waals surface area (Å²) < 4.78 is 20.3. The van der Waals surface area contributed by atoms with E-state index < -0.39 is 49.3 Å². The normalized spacial score (nSPS) is 11.9. The van der Waals surface area contributed by atoms with Crippen LogP contribution in [0.5, 0.6) is 6.01 Å². The van der Waals surface area contributed by atoms with Crippen molar-refractivity contribution in [2.45, 2.75) is 52.4 Å². The number of fused-ring (bicyclic) bond motifs is 1. The van der Waals surface area contributed by atoms with Crippen molar-refractivity contribution in [3.05, 3.63) is 46.4 Å². The number of ether oxygens (including phenoxy) is 4. The van der Waals surface area contributed by atoms with E-state index in [9.17, 15) is 24.0 Å². The van der Waals surface area contributed by atoms with Crippen LogP contribution >= 0.6 is 0 Å². The molecule has 0 fully saturated rings. The van der Waals surface area contributed by atoms with E-state index in [2.05, 4.69) is 36.1 Å². The van der Waals surface area contributed by atoms with E-state index in [-0.39, 0.29) is 17.5 Å². The van der Waals surface area contributed by atoms with E-state index in [1.165, 1.54) is 11.5 Å². The lowest BCUT2D eigenvalue weighted by molar-refractivity contribution is -0.177. The number of anilines is 1. The number of imidazole rings is 1. The number of carbonyl (C=O) groups excluding carboxylic acids is 3. The van der Waals surface area contributed by atoms with Gasteiger partial charge in [0, 0.05) is 0 Å². The van der Waals surface area contributed by atoms with Crippen LogP contribution in [-0.2, 0) is 39.9 Å². The Balaban J connectivity index is 0.000000301. The molecule has 0 aliphatic rings. The van der Waals surface area contributed by atoms with Crippen molar-refractivity contribution in [3.63, 3.8) is 0 Å². The number of aromatic amines is 1. The highest BCUT2D eigenvalue weighted by atomic mass is 16.6. The van der Waals surface area contributed by atoms with Crippen LogP contribution in [0.3, 0.4) is 0 Å². The van der Waals surface area contributed by atoms with Gasteiger partial charge in [0.2, 0.25) is 0 Å². The summed E-state index contributed by atoms with van der Waals surface area (Å²) in [5, 5.41) is 16.8. The second-order valence-electron chi connectivity index (χ2n) is 8.66. The molecule has 16 heteroatoms. The molecule has 0 saturated carbocycles. The molecule has 5 N–H and O–H groups in total. The van der Waals surface area contributed by atoms with Gasteiger partial charge in [-0.3, -0.25) is 4.57 Å². The lowest BCUT2D eigenvalue weighted by Gasteiger charge is -2.14. The molecule has 0 radical (unpaired) electrons. The molecule has 1 aromatic carbocycles. The van der Waals surface area contributed by atoms with E-state index in [0.717, 1.165) is 25.3 Å². The second kappa shape index (κ2) is 16.3. The number of hydrogen-bond acceptors (Lipinski definition) is 13. The number of aliphatic carboxylic acids is 1. The molecule has 0 spiro atoms. The number of nitrogens with zero attached hydrogens (tertiary/aromatic N) is 3. The van der Waals surface area contributed by atoms with Crippen LogP contribution in [0.2, 0.25) is 0 Å². The number of aliphatic hydroxyl groups is 1. The van der Waals surface area contributed by atoms with E-state index in [0.29, 0.717) is 24.3 Å². The van der Waals surface area contributed by atoms with Crippen molar-refractivity contribution in [1.82, 2.24) is 19.5 Å². The first-order valence-corrected chi connectivity index (χ1v) is 12.8. The van der Waals surface area contributed by atoms with E-state index >= 15 is 0 Å². The number of hydrogen-bond donors (Lipinski definition) is 4. The fourth-order valence-corrected chi connectivity index (χ4v) is 3.10. The summed E-state index contributed by atoms with van der Waals surface area (Å²) >= 11 is 0. The minimum atomic E-state index is -1.37. The molecule has 42 heavy (non-hydrogen) atoms. The number of aliphatic hydroxyl groups excluding tert-OH is 1. The SMILES string of the molecule is CC(OC(=O)C(C)OC(=O)COC(=O)CO)C(=O)O.CCCCOc1nc(N)c2[nH]c(=O)n(Cc3ccccc3)c2n1. The molecule has 3 aromatic rings. The molecule has 0 saturated heterocycles. The summed E-state index contributed by atoms with van der Waals surface area (Å²) in [5.74, 6) is -4.23. The van der Waals surface area contributed by atoms with Gasteiger partial charge >= 0.3 is 35.6 Å². The predicted octanol–water partition coefficient (Wildman–Crippen LogP) is 0.399. The van der Waals surface area contributed by atoms with Crippen LogP contribution < -0.4 is 16.2 Å². The van der Waals surface area contributed by atoms with Gasteiger partial charge in [-0.05, 0) is 25.8 Å². The third-order valence-electron chi connectivity index (χ3n) is 5.30. The fraction of sp³-hybridized carbons (Fsp3) is 0.423. The number of nitrogens with two attached hydrogens (primary N) is 1. The van der Waals surface area contributed by atoms with Crippen LogP contribution in [0.4, 0.5) is 5.82 Å². The summed E-state index contributed by atoms with van der Waals surface area (Å²) in [6.07, 6.45) is -0.797. The van der Waals surface area contributed by atoms with Crippen molar-refractivity contribution in [2.24, 2.45) is 0 Å². The minimum absolute atomic E-state index is 0.198. The number of esters is 3. The van der Waals surface area contributed by atoms with E-state index in [1.807, 2.05) is 30.3 Å². The minimum Gasteiger partial charge on any atom is -0.479 e. The number of nitrogen functional groups attached to an aromatic ring is 1. The number of benzene rings is 1. The second-order valence-corrected chi connectivity index (χ2v) is 8.66. The van der Waals surface area contributed by atoms with Gasteiger partial charge in [0.05, 0.1) is 13.2 Å². The zero-order valence-electron chi connectivity index (χ0n) is 23.3. The number of carboxylic acid groups (broad SMARTS) is 1. The van der Waals surface area contributed by atoms with Gasteiger partial charge in [-0.1, -0.05) is 43.7 Å². The Morgan fingerprint density at radius 2 is 1.74 bits per heavy atom. The average Bonchev–Trinajstić information content (AvgIpc) is 3.27. The van der Waals surface area contributed by atoms with Crippen molar-refractivity contribution >= 4 is 40.9 Å². The highest BCUT2D eigenvalue weighted by Gasteiger charge is 2.24. The van der Waals surface area contributed by atoms with Crippen molar-refractivity contribution in [3.8, 4) is 6.01 Å². The number of aromatic nitrogens is 4. The Morgan fingerprint density at radius 1 is 1.05 bits per heavy atom. The summed E-state index contributed by atoms with van der Waals surface area (Å²) in [6.45, 7) is 3.65. The largest absolute Gasteiger partial charge is 0.479 e. The molecule has 2 heterocycles. The molecular formula is C26H33N5O11. The van der Waals surface area contributed by atoms with E-state index in [4.69, 9.17) is 20.7 Å². The quantitative estimate of drug-likeness (QED) is 0.120. The maximum Gasteiger partial charge on any atom is 0.347 e. The summed E-state index contributed by atoms with van der Waals surface area (Å²) in [5.41, 5.74) is 7.55. The first-order chi connectivity index (χ1) is 20.0. The van der Waals surface area contributed by atoms with Gasteiger partial charge in [-0.25, -0.2) is 24.0 Å². The summed E-state index contributed by atoms with van der Waals surface area (Å²) in [4.78, 5) is 66.7. The van der Waals surface area contributed by atoms with Gasteiger partial charge < -0.3 is 39.9 Å². The number of nitrogens with one attached hydrogen (secondary N) is 1. The third kappa shape index (κ3) is 10.2. The molecule has 0 aliphatic carbocycles.